The molecule has 2 aromatic carbocycles. The molecule has 0 fully saturated rings. The number of rotatable bonds is 11. The molecule has 0 aliphatic heterocycles. The van der Waals surface area contributed by atoms with E-state index in [0.29, 0.717) is 31.1 Å². The second-order valence-electron chi connectivity index (χ2n) is 7.23. The molecule has 0 saturated carbocycles. The number of carbonyl (C=O) groups excluding carboxylic acids is 2. The fourth-order valence-electron chi connectivity index (χ4n) is 3.39. The molecule has 0 bridgehead atoms. The van der Waals surface area contributed by atoms with Gasteiger partial charge in [0, 0.05) is 36.8 Å². The molecule has 0 atom stereocenters. The van der Waals surface area contributed by atoms with Gasteiger partial charge >= 0.3 is 0 Å². The summed E-state index contributed by atoms with van der Waals surface area (Å²) in [6.07, 6.45) is 0.902. The number of carbonyl (C=O) groups is 2. The number of hydrogen-bond donors (Lipinski definition) is 2. The minimum absolute atomic E-state index is 0.0308. The lowest BCUT2D eigenvalue weighted by Crippen LogP contribution is -2.28. The van der Waals surface area contributed by atoms with Crippen molar-refractivity contribution in [3.63, 3.8) is 0 Å². The molecular weight excluding hydrogens is 394 g/mol. The molecule has 2 N–H and O–H groups in total. The maximum absolute atomic E-state index is 12.6. The third kappa shape index (κ3) is 6.16. The highest BCUT2D eigenvalue weighted by Gasteiger charge is 2.15. The third-order valence-corrected chi connectivity index (χ3v) is 4.80. The molecule has 0 aliphatic carbocycles. The molecule has 7 heteroatoms. The van der Waals surface area contributed by atoms with Crippen molar-refractivity contribution in [2.75, 3.05) is 32.2 Å². The second kappa shape index (κ2) is 11.3. The van der Waals surface area contributed by atoms with Crippen molar-refractivity contribution in [2.45, 2.75) is 26.5 Å². The van der Waals surface area contributed by atoms with Crippen molar-refractivity contribution in [1.29, 1.82) is 0 Å². The van der Waals surface area contributed by atoms with Crippen LogP contribution >= 0.6 is 0 Å². The lowest BCUT2D eigenvalue weighted by atomic mass is 10.2. The summed E-state index contributed by atoms with van der Waals surface area (Å²) in [5.41, 5.74) is 3.24. The van der Waals surface area contributed by atoms with E-state index >= 15 is 0 Å². The Labute approximate surface area is 182 Å². The Morgan fingerprint density at radius 2 is 1.87 bits per heavy atom. The van der Waals surface area contributed by atoms with Crippen LogP contribution in [-0.4, -0.2) is 43.2 Å². The molecule has 0 radical (unpaired) electrons. The summed E-state index contributed by atoms with van der Waals surface area (Å²) in [6.45, 7) is 4.07. The van der Waals surface area contributed by atoms with Gasteiger partial charge in [-0.3, -0.25) is 9.59 Å². The van der Waals surface area contributed by atoms with Crippen LogP contribution in [0.3, 0.4) is 0 Å². The predicted molar refractivity (Wildman–Crippen MR) is 121 cm³/mol. The van der Waals surface area contributed by atoms with E-state index in [1.54, 1.807) is 7.11 Å². The highest BCUT2D eigenvalue weighted by Crippen LogP contribution is 2.24. The van der Waals surface area contributed by atoms with Gasteiger partial charge in [0.2, 0.25) is 5.91 Å². The Hall–Kier alpha value is -3.16. The van der Waals surface area contributed by atoms with Gasteiger partial charge in [-0.05, 0) is 36.2 Å². The number of amides is 2. The molecule has 7 nitrogen and oxygen atoms in total. The second-order valence-corrected chi connectivity index (χ2v) is 7.23. The Morgan fingerprint density at radius 1 is 1.06 bits per heavy atom. The molecule has 2 amide bonds. The first-order valence-corrected chi connectivity index (χ1v) is 10.4. The number of nitrogens with zero attached hydrogens (tertiary/aromatic N) is 1. The smallest absolute Gasteiger partial charge is 0.268 e. The lowest BCUT2D eigenvalue weighted by molar-refractivity contribution is -0.121. The maximum atomic E-state index is 12.6. The van der Waals surface area contributed by atoms with Crippen LogP contribution in [0.4, 0.5) is 5.69 Å². The largest absolute Gasteiger partial charge is 0.383 e. The van der Waals surface area contributed by atoms with Gasteiger partial charge in [-0.25, -0.2) is 0 Å². The predicted octanol–water partition coefficient (Wildman–Crippen LogP) is 3.58. The highest BCUT2D eigenvalue weighted by atomic mass is 16.5. The van der Waals surface area contributed by atoms with Gasteiger partial charge in [0.15, 0.2) is 0 Å². The summed E-state index contributed by atoms with van der Waals surface area (Å²) in [7, 11) is 1.60. The van der Waals surface area contributed by atoms with Gasteiger partial charge in [0.05, 0.1) is 13.2 Å². The first-order valence-electron chi connectivity index (χ1n) is 10.4. The molecule has 0 spiro atoms. The molecule has 1 aromatic heterocycles. The quantitative estimate of drug-likeness (QED) is 0.462. The van der Waals surface area contributed by atoms with Crippen molar-refractivity contribution in [1.82, 2.24) is 9.88 Å². The monoisotopic (exact) mass is 423 g/mol. The van der Waals surface area contributed by atoms with Crippen LogP contribution in [0.2, 0.25) is 0 Å². The number of hydrogen-bond acceptors (Lipinski definition) is 4. The first-order chi connectivity index (χ1) is 15.1. The molecule has 164 valence electrons. The average molecular weight is 424 g/mol. The molecular formula is C24H29N3O4. The zero-order chi connectivity index (χ0) is 22.1. The summed E-state index contributed by atoms with van der Waals surface area (Å²) in [4.78, 5) is 24.9. The number of aryl methyl sites for hydroxylation is 1. The van der Waals surface area contributed by atoms with Gasteiger partial charge in [0.25, 0.3) is 5.91 Å². The van der Waals surface area contributed by atoms with Crippen LogP contribution in [0.5, 0.6) is 0 Å². The number of nitrogens with one attached hydrogen (secondary N) is 2. The Balaban J connectivity index is 1.66. The molecule has 3 aromatic rings. The van der Waals surface area contributed by atoms with E-state index in [0.717, 1.165) is 29.4 Å². The van der Waals surface area contributed by atoms with E-state index in [2.05, 4.69) is 17.6 Å². The standard InChI is InChI=1S/C24H29N3O4/c1-3-12-27-21-10-9-20(14-19(21)15-22(27)24(29)25-11-13-30-2)26-23(28)17-31-16-18-7-5-4-6-8-18/h4-10,14-15H,3,11-13,16-17H2,1-2H3,(H,25,29)(H,26,28). The fourth-order valence-corrected chi connectivity index (χ4v) is 3.39. The molecule has 0 aliphatic rings. The summed E-state index contributed by atoms with van der Waals surface area (Å²) in [5.74, 6) is -0.359. The van der Waals surface area contributed by atoms with Crippen LogP contribution in [0.15, 0.2) is 54.6 Å². The summed E-state index contributed by atoms with van der Waals surface area (Å²) >= 11 is 0. The molecule has 0 saturated heterocycles. The third-order valence-electron chi connectivity index (χ3n) is 4.80. The summed E-state index contributed by atoms with van der Waals surface area (Å²) in [5, 5.41) is 6.63. The normalized spacial score (nSPS) is 10.9. The van der Waals surface area contributed by atoms with E-state index < -0.39 is 0 Å². The fraction of sp³-hybridized carbons (Fsp3) is 0.333. The minimum atomic E-state index is -0.221. The summed E-state index contributed by atoms with van der Waals surface area (Å²) < 4.78 is 12.5. The molecule has 0 unspecified atom stereocenters. The van der Waals surface area contributed by atoms with Crippen molar-refractivity contribution in [2.24, 2.45) is 0 Å². The maximum Gasteiger partial charge on any atom is 0.268 e. The zero-order valence-corrected chi connectivity index (χ0v) is 18.0. The molecule has 3 rings (SSSR count). The van der Waals surface area contributed by atoms with Gasteiger partial charge in [-0.1, -0.05) is 37.3 Å². The lowest BCUT2D eigenvalue weighted by Gasteiger charge is -2.10. The Bertz CT molecular complexity index is 1010. The van der Waals surface area contributed by atoms with Crippen LogP contribution in [-0.2, 0) is 27.4 Å². The number of aromatic nitrogens is 1. The first kappa shape index (κ1) is 22.5. The Kier molecular flexibility index (Phi) is 8.20. The van der Waals surface area contributed by atoms with E-state index in [9.17, 15) is 9.59 Å². The van der Waals surface area contributed by atoms with Crippen molar-refractivity contribution in [3.8, 4) is 0 Å². The highest BCUT2D eigenvalue weighted by molar-refractivity contribution is 6.00. The number of methoxy groups -OCH3 is 1. The van der Waals surface area contributed by atoms with Gasteiger partial charge in [0.1, 0.15) is 12.3 Å². The number of ether oxygens (including phenoxy) is 2. The van der Waals surface area contributed by atoms with Gasteiger partial charge < -0.3 is 24.7 Å². The van der Waals surface area contributed by atoms with Crippen LogP contribution in [0.1, 0.15) is 29.4 Å². The van der Waals surface area contributed by atoms with E-state index in [-0.39, 0.29) is 18.4 Å². The number of fused-ring (bicyclic) bond motifs is 1. The zero-order valence-electron chi connectivity index (χ0n) is 18.0. The van der Waals surface area contributed by atoms with Gasteiger partial charge in [-0.2, -0.15) is 0 Å². The van der Waals surface area contributed by atoms with Crippen LogP contribution < -0.4 is 10.6 Å². The van der Waals surface area contributed by atoms with Crippen molar-refractivity contribution in [3.05, 3.63) is 65.9 Å². The van der Waals surface area contributed by atoms with Gasteiger partial charge in [-0.15, -0.1) is 0 Å². The van der Waals surface area contributed by atoms with Crippen LogP contribution in [0.25, 0.3) is 10.9 Å². The van der Waals surface area contributed by atoms with E-state index in [1.165, 1.54) is 0 Å². The van der Waals surface area contributed by atoms with Crippen molar-refractivity contribution < 1.29 is 19.1 Å². The SMILES string of the molecule is CCCn1c(C(=O)NCCOC)cc2cc(NC(=O)COCc3ccccc3)ccc21. The topological polar surface area (TPSA) is 81.6 Å². The van der Waals surface area contributed by atoms with Crippen LogP contribution in [0, 0.1) is 0 Å². The average Bonchev–Trinajstić information content (AvgIpc) is 3.13. The molecule has 31 heavy (non-hydrogen) atoms. The molecule has 1 heterocycles. The summed E-state index contributed by atoms with van der Waals surface area (Å²) in [6, 6.07) is 17.2. The number of benzene rings is 2. The number of anilines is 1. The Morgan fingerprint density at radius 3 is 2.61 bits per heavy atom. The van der Waals surface area contributed by atoms with E-state index in [4.69, 9.17) is 9.47 Å². The van der Waals surface area contributed by atoms with Crippen molar-refractivity contribution >= 4 is 28.4 Å². The minimum Gasteiger partial charge on any atom is -0.383 e. The van der Waals surface area contributed by atoms with E-state index in [1.807, 2.05) is 59.2 Å².